The average molecular weight is 317 g/mol. The van der Waals surface area contributed by atoms with Crippen LogP contribution >= 0.6 is 24.4 Å². The van der Waals surface area contributed by atoms with Crippen LogP contribution in [-0.4, -0.2) is 72.1 Å². The first kappa shape index (κ1) is 17.8. The van der Waals surface area contributed by atoms with Crippen LogP contribution in [0.4, 0.5) is 0 Å². The molecular weight excluding hydrogens is 288 g/mol. The Hall–Kier alpha value is -0.300. The largest absolute Gasteiger partial charge is 0.374 e. The molecule has 0 amide bonds. The fourth-order valence-corrected chi connectivity index (χ4v) is 2.66. The van der Waals surface area contributed by atoms with E-state index >= 15 is 0 Å². The van der Waals surface area contributed by atoms with Gasteiger partial charge in [-0.25, -0.2) is 0 Å². The first-order valence-corrected chi connectivity index (χ1v) is 8.49. The number of hydrogen-bond donors (Lipinski definition) is 2. The Labute approximate surface area is 134 Å². The highest BCUT2D eigenvalue weighted by atomic mass is 32.1. The number of rotatable bonds is 2. The highest BCUT2D eigenvalue weighted by Gasteiger charge is 2.09. The Kier molecular flexibility index (Phi) is 9.26. The molecule has 0 aromatic heterocycles. The SMILES string of the molecule is CCN1CCCNC(=S)C(=S)NCCCN(CC)CC1. The van der Waals surface area contributed by atoms with Gasteiger partial charge in [0, 0.05) is 26.2 Å². The molecule has 0 aromatic rings. The molecular formula is C14H28N4S2. The number of thiocarbonyl (C=S) groups is 2. The Balaban J connectivity index is 2.51. The summed E-state index contributed by atoms with van der Waals surface area (Å²) in [4.78, 5) is 6.39. The van der Waals surface area contributed by atoms with Crippen molar-refractivity contribution in [2.45, 2.75) is 26.7 Å². The van der Waals surface area contributed by atoms with Crippen molar-refractivity contribution in [1.82, 2.24) is 20.4 Å². The van der Waals surface area contributed by atoms with E-state index in [0.717, 1.165) is 65.2 Å². The molecule has 2 N–H and O–H groups in total. The number of hydrogen-bond acceptors (Lipinski definition) is 4. The number of likely N-dealkylation sites (N-methyl/N-ethyl adjacent to an activating group) is 2. The number of nitrogens with zero attached hydrogens (tertiary/aromatic N) is 2. The summed E-state index contributed by atoms with van der Waals surface area (Å²) in [6.07, 6.45) is 2.20. The van der Waals surface area contributed by atoms with E-state index in [4.69, 9.17) is 24.4 Å². The summed E-state index contributed by atoms with van der Waals surface area (Å²) >= 11 is 10.6. The summed E-state index contributed by atoms with van der Waals surface area (Å²) < 4.78 is 0. The van der Waals surface area contributed by atoms with Gasteiger partial charge in [0.25, 0.3) is 0 Å². The molecule has 0 unspecified atom stereocenters. The zero-order valence-corrected chi connectivity index (χ0v) is 14.4. The third kappa shape index (κ3) is 6.92. The fourth-order valence-electron chi connectivity index (χ4n) is 2.31. The first-order valence-electron chi connectivity index (χ1n) is 7.68. The lowest BCUT2D eigenvalue weighted by Crippen LogP contribution is -2.41. The Morgan fingerprint density at radius 3 is 1.55 bits per heavy atom. The van der Waals surface area contributed by atoms with E-state index in [1.165, 1.54) is 0 Å². The molecule has 0 saturated carbocycles. The molecule has 0 atom stereocenters. The second-order valence-corrected chi connectivity index (χ2v) is 5.90. The van der Waals surface area contributed by atoms with E-state index in [-0.39, 0.29) is 0 Å². The molecule has 4 nitrogen and oxygen atoms in total. The minimum atomic E-state index is 0.687. The van der Waals surface area contributed by atoms with Gasteiger partial charge < -0.3 is 20.4 Å². The molecule has 1 aliphatic rings. The smallest absolute Gasteiger partial charge is 0.134 e. The minimum absolute atomic E-state index is 0.687. The molecule has 1 fully saturated rings. The second kappa shape index (κ2) is 10.4. The predicted octanol–water partition coefficient (Wildman–Crippen LogP) is 1.26. The summed E-state index contributed by atoms with van der Waals surface area (Å²) in [6, 6.07) is 0. The third-order valence-electron chi connectivity index (χ3n) is 3.71. The van der Waals surface area contributed by atoms with Crippen LogP contribution in [0.1, 0.15) is 26.7 Å². The summed E-state index contributed by atoms with van der Waals surface area (Å²) in [6.45, 7) is 13.0. The zero-order chi connectivity index (χ0) is 14.8. The highest BCUT2D eigenvalue weighted by molar-refractivity contribution is 7.89. The van der Waals surface area contributed by atoms with Gasteiger partial charge in [-0.05, 0) is 39.0 Å². The van der Waals surface area contributed by atoms with E-state index in [2.05, 4.69) is 34.3 Å². The summed E-state index contributed by atoms with van der Waals surface area (Å²) in [5, 5.41) is 6.48. The molecule has 1 heterocycles. The van der Waals surface area contributed by atoms with Crippen molar-refractivity contribution in [3.8, 4) is 0 Å². The van der Waals surface area contributed by atoms with Crippen molar-refractivity contribution in [3.63, 3.8) is 0 Å². The fraction of sp³-hybridized carbons (Fsp3) is 0.857. The molecule has 0 aromatic carbocycles. The Morgan fingerprint density at radius 1 is 0.800 bits per heavy atom. The van der Waals surface area contributed by atoms with E-state index in [1.54, 1.807) is 0 Å². The van der Waals surface area contributed by atoms with Gasteiger partial charge in [0.05, 0.1) is 0 Å². The van der Waals surface area contributed by atoms with Crippen LogP contribution in [0.2, 0.25) is 0 Å². The molecule has 6 heteroatoms. The van der Waals surface area contributed by atoms with Crippen molar-refractivity contribution < 1.29 is 0 Å². The molecule has 1 aliphatic heterocycles. The Morgan fingerprint density at radius 2 is 1.20 bits per heavy atom. The van der Waals surface area contributed by atoms with Gasteiger partial charge in [-0.2, -0.15) is 0 Å². The maximum atomic E-state index is 5.28. The van der Waals surface area contributed by atoms with Crippen molar-refractivity contribution in [2.24, 2.45) is 0 Å². The van der Waals surface area contributed by atoms with Crippen LogP contribution in [0, 0.1) is 0 Å². The van der Waals surface area contributed by atoms with Gasteiger partial charge in [-0.15, -0.1) is 0 Å². The lowest BCUT2D eigenvalue weighted by molar-refractivity contribution is 0.212. The topological polar surface area (TPSA) is 30.5 Å². The van der Waals surface area contributed by atoms with Crippen LogP contribution in [0.15, 0.2) is 0 Å². The maximum Gasteiger partial charge on any atom is 0.134 e. The van der Waals surface area contributed by atoms with Crippen molar-refractivity contribution >= 4 is 34.4 Å². The van der Waals surface area contributed by atoms with Gasteiger partial charge in [0.1, 0.15) is 9.98 Å². The molecule has 116 valence electrons. The maximum absolute atomic E-state index is 5.28. The van der Waals surface area contributed by atoms with E-state index in [1.807, 2.05) is 0 Å². The van der Waals surface area contributed by atoms with Crippen LogP contribution in [0.3, 0.4) is 0 Å². The van der Waals surface area contributed by atoms with Gasteiger partial charge in [0.2, 0.25) is 0 Å². The van der Waals surface area contributed by atoms with Crippen LogP contribution in [0.5, 0.6) is 0 Å². The van der Waals surface area contributed by atoms with Gasteiger partial charge in [-0.3, -0.25) is 0 Å². The number of nitrogens with one attached hydrogen (secondary N) is 2. The van der Waals surface area contributed by atoms with E-state index in [9.17, 15) is 0 Å². The first-order chi connectivity index (χ1) is 9.67. The molecule has 1 saturated heterocycles. The lowest BCUT2D eigenvalue weighted by atomic mass is 10.3. The van der Waals surface area contributed by atoms with Gasteiger partial charge >= 0.3 is 0 Å². The monoisotopic (exact) mass is 316 g/mol. The van der Waals surface area contributed by atoms with Gasteiger partial charge in [-0.1, -0.05) is 38.3 Å². The van der Waals surface area contributed by atoms with Crippen LogP contribution in [-0.2, 0) is 0 Å². The summed E-state index contributed by atoms with van der Waals surface area (Å²) in [7, 11) is 0. The van der Waals surface area contributed by atoms with Crippen molar-refractivity contribution in [2.75, 3.05) is 52.4 Å². The van der Waals surface area contributed by atoms with Gasteiger partial charge in [0.15, 0.2) is 0 Å². The normalized spacial score (nSPS) is 21.9. The molecule has 20 heavy (non-hydrogen) atoms. The molecule has 1 rings (SSSR count). The average Bonchev–Trinajstić information content (AvgIpc) is 2.46. The van der Waals surface area contributed by atoms with E-state index in [0.29, 0.717) is 9.98 Å². The highest BCUT2D eigenvalue weighted by Crippen LogP contribution is 1.97. The van der Waals surface area contributed by atoms with Crippen LogP contribution < -0.4 is 10.6 Å². The molecule has 0 bridgehead atoms. The minimum Gasteiger partial charge on any atom is -0.374 e. The third-order valence-corrected chi connectivity index (χ3v) is 4.53. The quantitative estimate of drug-likeness (QED) is 0.746. The zero-order valence-electron chi connectivity index (χ0n) is 12.8. The molecule has 0 aliphatic carbocycles. The van der Waals surface area contributed by atoms with Crippen molar-refractivity contribution in [3.05, 3.63) is 0 Å². The predicted molar refractivity (Wildman–Crippen MR) is 94.7 cm³/mol. The standard InChI is InChI=1S/C14H28N4S2/c1-3-17-9-5-7-15-13(19)14(20)16-8-6-10-18(4-2)12-11-17/h3-12H2,1-2H3,(H,15,19)(H,16,20). The van der Waals surface area contributed by atoms with Crippen LogP contribution in [0.25, 0.3) is 0 Å². The summed E-state index contributed by atoms with van der Waals surface area (Å²) in [5.41, 5.74) is 0. The molecule has 0 spiro atoms. The molecule has 0 radical (unpaired) electrons. The van der Waals surface area contributed by atoms with E-state index < -0.39 is 0 Å². The second-order valence-electron chi connectivity index (χ2n) is 5.09. The summed E-state index contributed by atoms with van der Waals surface area (Å²) in [5.74, 6) is 0. The lowest BCUT2D eigenvalue weighted by Gasteiger charge is -2.26. The van der Waals surface area contributed by atoms with Crippen molar-refractivity contribution in [1.29, 1.82) is 0 Å². The Bertz CT molecular complexity index is 280.